The van der Waals surface area contributed by atoms with Crippen molar-refractivity contribution in [3.8, 4) is 11.4 Å². The van der Waals surface area contributed by atoms with Gasteiger partial charge in [0.05, 0.1) is 29.4 Å². The molecule has 0 bridgehead atoms. The van der Waals surface area contributed by atoms with Crippen LogP contribution in [0.5, 0.6) is 5.75 Å². The fraction of sp³-hybridized carbons (Fsp3) is 0.350. The number of imidazole rings is 1. The molecule has 2 aliphatic heterocycles. The first-order chi connectivity index (χ1) is 13.5. The zero-order valence-electron chi connectivity index (χ0n) is 15.8. The highest BCUT2D eigenvalue weighted by molar-refractivity contribution is 5.62. The van der Waals surface area contributed by atoms with E-state index in [0.717, 1.165) is 30.9 Å². The normalized spacial score (nSPS) is 20.5. The lowest BCUT2D eigenvalue weighted by Crippen LogP contribution is -2.49. The van der Waals surface area contributed by atoms with E-state index in [1.54, 1.807) is 35.4 Å². The molecule has 1 saturated heterocycles. The Balaban J connectivity index is 1.42. The first-order valence-electron chi connectivity index (χ1n) is 9.37. The number of hydrogen-bond acceptors (Lipinski definition) is 6. The second-order valence-electron chi connectivity index (χ2n) is 7.64. The van der Waals surface area contributed by atoms with Gasteiger partial charge < -0.3 is 19.5 Å². The number of ether oxygens (including phenoxy) is 1. The molecule has 8 heteroatoms. The van der Waals surface area contributed by atoms with Crippen molar-refractivity contribution >= 4 is 17.5 Å². The van der Waals surface area contributed by atoms with E-state index >= 15 is 0 Å². The highest BCUT2D eigenvalue weighted by atomic mass is 19.1. The van der Waals surface area contributed by atoms with Crippen molar-refractivity contribution in [1.29, 1.82) is 0 Å². The fourth-order valence-corrected chi connectivity index (χ4v) is 3.96. The summed E-state index contributed by atoms with van der Waals surface area (Å²) in [5.74, 6) is 1.57. The topological polar surface area (TPSA) is 68.1 Å². The van der Waals surface area contributed by atoms with Crippen LogP contribution in [0.3, 0.4) is 0 Å². The molecular weight excluding hydrogens is 359 g/mol. The van der Waals surface area contributed by atoms with Crippen LogP contribution in [0.25, 0.3) is 5.69 Å². The summed E-state index contributed by atoms with van der Waals surface area (Å²) in [5, 5.41) is 3.10. The monoisotopic (exact) mass is 380 g/mol. The van der Waals surface area contributed by atoms with Gasteiger partial charge in [-0.3, -0.25) is 0 Å². The lowest BCUT2D eigenvalue weighted by atomic mass is 9.99. The predicted octanol–water partition coefficient (Wildman–Crippen LogP) is 3.60. The van der Waals surface area contributed by atoms with Crippen molar-refractivity contribution < 1.29 is 9.13 Å². The molecule has 0 saturated carbocycles. The number of nitrogens with one attached hydrogen (secondary N) is 1. The lowest BCUT2D eigenvalue weighted by molar-refractivity contribution is 0.210. The molecular formula is C20H21FN6O. The Hall–Kier alpha value is -3.16. The molecule has 7 nitrogen and oxygen atoms in total. The summed E-state index contributed by atoms with van der Waals surface area (Å²) in [6, 6.07) is 4.94. The molecule has 0 amide bonds. The van der Waals surface area contributed by atoms with Crippen LogP contribution in [0.2, 0.25) is 0 Å². The van der Waals surface area contributed by atoms with E-state index in [-0.39, 0.29) is 11.4 Å². The van der Waals surface area contributed by atoms with Gasteiger partial charge in [-0.2, -0.15) is 4.98 Å². The smallest absolute Gasteiger partial charge is 0.229 e. The third kappa shape index (κ3) is 2.76. The molecule has 1 aromatic carbocycles. The van der Waals surface area contributed by atoms with Crippen LogP contribution in [0.1, 0.15) is 25.5 Å². The Morgan fingerprint density at radius 3 is 2.96 bits per heavy atom. The minimum atomic E-state index is -0.351. The minimum Gasteiger partial charge on any atom is -0.486 e. The van der Waals surface area contributed by atoms with E-state index < -0.39 is 0 Å². The van der Waals surface area contributed by atoms with Gasteiger partial charge >= 0.3 is 0 Å². The standard InChI is InChI=1S/C20H21FN6O/c1-13-10-26(12-23-13)16-5-4-14(8-15(16)21)24-19-22-9-17-18(25-19)27-7-3-6-20(27,2)11-28-17/h4-5,8-10,12H,3,6-7,11H2,1-2H3,(H,22,24,25)/t20-/m0/s1. The van der Waals surface area contributed by atoms with Crippen molar-refractivity contribution in [1.82, 2.24) is 19.5 Å². The number of hydrogen-bond donors (Lipinski definition) is 1. The van der Waals surface area contributed by atoms with E-state index in [1.807, 2.05) is 6.92 Å². The third-order valence-electron chi connectivity index (χ3n) is 5.47. The molecule has 0 spiro atoms. The second-order valence-corrected chi connectivity index (χ2v) is 7.64. The molecule has 5 rings (SSSR count). The van der Waals surface area contributed by atoms with E-state index in [9.17, 15) is 4.39 Å². The van der Waals surface area contributed by atoms with Crippen molar-refractivity contribution in [2.75, 3.05) is 23.4 Å². The fourth-order valence-electron chi connectivity index (χ4n) is 3.96. The highest BCUT2D eigenvalue weighted by Gasteiger charge is 2.43. The summed E-state index contributed by atoms with van der Waals surface area (Å²) in [6.45, 7) is 5.67. The Morgan fingerprint density at radius 2 is 2.18 bits per heavy atom. The number of benzene rings is 1. The van der Waals surface area contributed by atoms with Crippen LogP contribution < -0.4 is 15.0 Å². The average molecular weight is 380 g/mol. The molecule has 1 N–H and O–H groups in total. The van der Waals surface area contributed by atoms with Crippen LogP contribution >= 0.6 is 0 Å². The third-order valence-corrected chi connectivity index (χ3v) is 5.47. The van der Waals surface area contributed by atoms with Crippen LogP contribution in [-0.4, -0.2) is 38.2 Å². The summed E-state index contributed by atoms with van der Waals surface area (Å²) >= 11 is 0. The first kappa shape index (κ1) is 17.0. The molecule has 1 fully saturated rings. The molecule has 0 unspecified atom stereocenters. The maximum Gasteiger partial charge on any atom is 0.229 e. The SMILES string of the molecule is Cc1cn(-c2ccc(Nc3ncc4c(n3)N3CCC[C@@]3(C)CO4)cc2F)cn1. The number of nitrogens with zero attached hydrogens (tertiary/aromatic N) is 5. The summed E-state index contributed by atoms with van der Waals surface area (Å²) < 4.78 is 22.1. The molecule has 0 aliphatic carbocycles. The highest BCUT2D eigenvalue weighted by Crippen LogP contribution is 2.42. The zero-order chi connectivity index (χ0) is 19.3. The molecule has 1 atom stereocenters. The maximum absolute atomic E-state index is 14.6. The lowest BCUT2D eigenvalue weighted by Gasteiger charge is -2.40. The van der Waals surface area contributed by atoms with Crippen LogP contribution in [0.15, 0.2) is 36.9 Å². The van der Waals surface area contributed by atoms with E-state index in [1.165, 1.54) is 6.07 Å². The van der Waals surface area contributed by atoms with Crippen molar-refractivity contribution in [2.24, 2.45) is 0 Å². The molecule has 28 heavy (non-hydrogen) atoms. The van der Waals surface area contributed by atoms with Crippen LogP contribution in [-0.2, 0) is 0 Å². The van der Waals surface area contributed by atoms with Gasteiger partial charge in [-0.1, -0.05) is 0 Å². The summed E-state index contributed by atoms with van der Waals surface area (Å²) in [4.78, 5) is 15.4. The van der Waals surface area contributed by atoms with Crippen molar-refractivity contribution in [2.45, 2.75) is 32.2 Å². The van der Waals surface area contributed by atoms with Crippen LogP contribution in [0, 0.1) is 12.7 Å². The Morgan fingerprint density at radius 1 is 1.29 bits per heavy atom. The second kappa shape index (κ2) is 6.19. The largest absolute Gasteiger partial charge is 0.486 e. The number of anilines is 3. The molecule has 2 aliphatic rings. The number of rotatable bonds is 3. The Bertz CT molecular complexity index is 1050. The number of halogens is 1. The summed E-state index contributed by atoms with van der Waals surface area (Å²) in [7, 11) is 0. The number of fused-ring (bicyclic) bond motifs is 3. The van der Waals surface area contributed by atoms with Gasteiger partial charge in [0, 0.05) is 18.4 Å². The molecule has 2 aromatic heterocycles. The average Bonchev–Trinajstić information content (AvgIpc) is 3.27. The summed E-state index contributed by atoms with van der Waals surface area (Å²) in [6.07, 6.45) is 7.26. The van der Waals surface area contributed by atoms with Gasteiger partial charge in [-0.05, 0) is 44.9 Å². The minimum absolute atomic E-state index is 0.0185. The zero-order valence-corrected chi connectivity index (χ0v) is 15.8. The van der Waals surface area contributed by atoms with Gasteiger partial charge in [0.2, 0.25) is 5.95 Å². The van der Waals surface area contributed by atoms with E-state index in [2.05, 4.69) is 32.1 Å². The molecule has 4 heterocycles. The molecule has 3 aromatic rings. The van der Waals surface area contributed by atoms with E-state index in [4.69, 9.17) is 4.74 Å². The molecule has 0 radical (unpaired) electrons. The van der Waals surface area contributed by atoms with Gasteiger partial charge in [0.25, 0.3) is 0 Å². The van der Waals surface area contributed by atoms with Crippen molar-refractivity contribution in [3.63, 3.8) is 0 Å². The predicted molar refractivity (Wildman–Crippen MR) is 104 cm³/mol. The van der Waals surface area contributed by atoms with Gasteiger partial charge in [-0.25, -0.2) is 14.4 Å². The van der Waals surface area contributed by atoms with Crippen LogP contribution in [0.4, 0.5) is 21.8 Å². The maximum atomic E-state index is 14.6. The Labute approximate surface area is 162 Å². The Kier molecular flexibility index (Phi) is 3.75. The van der Waals surface area contributed by atoms with Crippen molar-refractivity contribution in [3.05, 3.63) is 48.4 Å². The van der Waals surface area contributed by atoms with Gasteiger partial charge in [-0.15, -0.1) is 0 Å². The quantitative estimate of drug-likeness (QED) is 0.749. The van der Waals surface area contributed by atoms with Gasteiger partial charge in [0.15, 0.2) is 11.6 Å². The summed E-state index contributed by atoms with van der Waals surface area (Å²) in [5.41, 5.74) is 1.84. The number of aryl methyl sites for hydroxylation is 1. The first-order valence-corrected chi connectivity index (χ1v) is 9.37. The van der Waals surface area contributed by atoms with Gasteiger partial charge in [0.1, 0.15) is 12.4 Å². The number of aromatic nitrogens is 4. The molecule has 144 valence electrons. The van der Waals surface area contributed by atoms with E-state index in [0.29, 0.717) is 29.7 Å².